The van der Waals surface area contributed by atoms with Crippen LogP contribution in [0.25, 0.3) is 104 Å². The molecule has 2 heteroatoms. The number of para-hydroxylation sites is 1. The lowest BCUT2D eigenvalue weighted by Crippen LogP contribution is -1.94. The highest BCUT2D eigenvalue weighted by molar-refractivity contribution is 6.23. The van der Waals surface area contributed by atoms with E-state index in [0.717, 1.165) is 16.6 Å². The molecule has 0 radical (unpaired) electrons. The maximum atomic E-state index is 4.57. The summed E-state index contributed by atoms with van der Waals surface area (Å²) in [5.74, 6) is 0. The molecule has 11 rings (SSSR count). The molecule has 2 nitrogen and oxygen atoms in total. The number of aromatic nitrogens is 2. The van der Waals surface area contributed by atoms with E-state index in [1.807, 2.05) is 12.4 Å². The van der Waals surface area contributed by atoms with Gasteiger partial charge in [0.05, 0.1) is 11.0 Å². The Kier molecular flexibility index (Phi) is 7.21. The summed E-state index contributed by atoms with van der Waals surface area (Å²) in [5.41, 5.74) is 13.3. The smallest absolute Gasteiger partial charge is 0.0620 e. The van der Waals surface area contributed by atoms with Crippen LogP contribution in [0.4, 0.5) is 0 Å². The third-order valence-corrected chi connectivity index (χ3v) is 11.3. The number of pyridine rings is 1. The zero-order valence-electron chi connectivity index (χ0n) is 30.0. The molecule has 0 aliphatic carbocycles. The number of benzene rings is 9. The van der Waals surface area contributed by atoms with Gasteiger partial charge in [0, 0.05) is 34.2 Å². The van der Waals surface area contributed by atoms with E-state index in [2.05, 4.69) is 204 Å². The molecule has 0 aliphatic rings. The number of rotatable bonds is 5. The molecular weight excluding hydrogens is 665 g/mol. The maximum Gasteiger partial charge on any atom is 0.0620 e. The molecule has 11 aromatic rings. The van der Waals surface area contributed by atoms with Crippen molar-refractivity contribution in [3.8, 4) is 50.2 Å². The van der Waals surface area contributed by atoms with E-state index in [4.69, 9.17) is 0 Å². The van der Waals surface area contributed by atoms with Crippen molar-refractivity contribution in [2.45, 2.75) is 0 Å². The molecule has 2 aromatic heterocycles. The Labute approximate surface area is 319 Å². The van der Waals surface area contributed by atoms with Crippen molar-refractivity contribution in [1.82, 2.24) is 9.55 Å². The monoisotopic (exact) mass is 698 g/mol. The molecule has 256 valence electrons. The first-order chi connectivity index (χ1) is 27.3. The number of hydrogen-bond acceptors (Lipinski definition) is 1. The highest BCUT2D eigenvalue weighted by atomic mass is 15.0. The number of hydrogen-bond donors (Lipinski definition) is 0. The standard InChI is InChI=1S/C53H34N2/c1-4-14-37(15-5-1)51-42-21-11-12-22-43(42)52(38-16-6-2-7-17-38)47-32-39(28-29-44(47)51)35-24-26-36(27-25-35)46-33-48-49-34-54-31-30-50(49)55(40-18-8-3-9-19-40)53(48)45-23-13-10-20-41(45)46/h1-34H. The van der Waals surface area contributed by atoms with Crippen LogP contribution in [0.15, 0.2) is 207 Å². The minimum atomic E-state index is 1.14. The average molecular weight is 699 g/mol. The first-order valence-corrected chi connectivity index (χ1v) is 18.9. The van der Waals surface area contributed by atoms with E-state index in [1.165, 1.54) is 87.7 Å². The molecule has 0 aliphatic heterocycles. The minimum Gasteiger partial charge on any atom is -0.309 e. The van der Waals surface area contributed by atoms with Crippen LogP contribution in [0.5, 0.6) is 0 Å². The van der Waals surface area contributed by atoms with E-state index < -0.39 is 0 Å². The van der Waals surface area contributed by atoms with Gasteiger partial charge in [-0.25, -0.2) is 0 Å². The fourth-order valence-corrected chi connectivity index (χ4v) is 8.83. The van der Waals surface area contributed by atoms with Gasteiger partial charge >= 0.3 is 0 Å². The van der Waals surface area contributed by atoms with Gasteiger partial charge in [0.25, 0.3) is 0 Å². The average Bonchev–Trinajstić information content (AvgIpc) is 3.60. The molecule has 0 unspecified atom stereocenters. The summed E-state index contributed by atoms with van der Waals surface area (Å²) >= 11 is 0. The van der Waals surface area contributed by atoms with Crippen molar-refractivity contribution in [3.05, 3.63) is 207 Å². The van der Waals surface area contributed by atoms with Crippen molar-refractivity contribution in [2.75, 3.05) is 0 Å². The molecule has 0 saturated heterocycles. The van der Waals surface area contributed by atoms with Gasteiger partial charge in [0.1, 0.15) is 0 Å². The third-order valence-electron chi connectivity index (χ3n) is 11.3. The third kappa shape index (κ3) is 5.00. The van der Waals surface area contributed by atoms with E-state index in [9.17, 15) is 0 Å². The Bertz CT molecular complexity index is 3220. The van der Waals surface area contributed by atoms with E-state index >= 15 is 0 Å². The molecule has 0 spiro atoms. The molecule has 0 bridgehead atoms. The first kappa shape index (κ1) is 31.3. The fraction of sp³-hybridized carbons (Fsp3) is 0. The summed E-state index contributed by atoms with van der Waals surface area (Å²) in [6.07, 6.45) is 3.90. The van der Waals surface area contributed by atoms with Crippen molar-refractivity contribution in [3.63, 3.8) is 0 Å². The SMILES string of the molecule is c1ccc(-c2c3ccccc3c(-c3ccccc3)c3cc(-c4ccc(-c5cc6c7cnccc7n(-c7ccccc7)c6c6ccccc56)cc4)ccc23)cc1. The highest BCUT2D eigenvalue weighted by Crippen LogP contribution is 2.45. The molecule has 0 atom stereocenters. The maximum absolute atomic E-state index is 4.57. The Morgan fingerprint density at radius 1 is 0.327 bits per heavy atom. The van der Waals surface area contributed by atoms with E-state index in [1.54, 1.807) is 0 Å². The van der Waals surface area contributed by atoms with Gasteiger partial charge in [-0.2, -0.15) is 0 Å². The Morgan fingerprint density at radius 3 is 1.53 bits per heavy atom. The van der Waals surface area contributed by atoms with E-state index in [-0.39, 0.29) is 0 Å². The molecule has 0 fully saturated rings. The zero-order valence-corrected chi connectivity index (χ0v) is 30.0. The second-order valence-electron chi connectivity index (χ2n) is 14.3. The van der Waals surface area contributed by atoms with E-state index in [0.29, 0.717) is 0 Å². The van der Waals surface area contributed by atoms with Crippen LogP contribution < -0.4 is 0 Å². The van der Waals surface area contributed by atoms with Gasteiger partial charge < -0.3 is 4.57 Å². The second kappa shape index (κ2) is 12.7. The zero-order chi connectivity index (χ0) is 36.3. The highest BCUT2D eigenvalue weighted by Gasteiger charge is 2.20. The van der Waals surface area contributed by atoms with Crippen LogP contribution in [0.3, 0.4) is 0 Å². The Balaban J connectivity index is 1.10. The first-order valence-electron chi connectivity index (χ1n) is 18.9. The summed E-state index contributed by atoms with van der Waals surface area (Å²) < 4.78 is 2.39. The lowest BCUT2D eigenvalue weighted by atomic mass is 9.85. The van der Waals surface area contributed by atoms with Gasteiger partial charge in [-0.15, -0.1) is 0 Å². The van der Waals surface area contributed by atoms with Crippen molar-refractivity contribution >= 4 is 54.1 Å². The topological polar surface area (TPSA) is 17.8 Å². The summed E-state index contributed by atoms with van der Waals surface area (Å²) in [5, 5.41) is 9.85. The Hall–Kier alpha value is -7.29. The lowest BCUT2D eigenvalue weighted by Gasteiger charge is -2.19. The Morgan fingerprint density at radius 2 is 0.855 bits per heavy atom. The van der Waals surface area contributed by atoms with Crippen LogP contribution >= 0.6 is 0 Å². The van der Waals surface area contributed by atoms with Gasteiger partial charge in [-0.1, -0.05) is 164 Å². The summed E-state index contributed by atoms with van der Waals surface area (Å²) in [6, 6.07) is 70.7. The summed E-state index contributed by atoms with van der Waals surface area (Å²) in [6.45, 7) is 0. The van der Waals surface area contributed by atoms with Crippen LogP contribution in [-0.4, -0.2) is 9.55 Å². The quantitative estimate of drug-likeness (QED) is 0.164. The second-order valence-corrected chi connectivity index (χ2v) is 14.3. The van der Waals surface area contributed by atoms with Gasteiger partial charge in [0.15, 0.2) is 0 Å². The van der Waals surface area contributed by atoms with Gasteiger partial charge in [0.2, 0.25) is 0 Å². The molecule has 0 amide bonds. The van der Waals surface area contributed by atoms with Crippen LogP contribution in [0, 0.1) is 0 Å². The molecule has 55 heavy (non-hydrogen) atoms. The van der Waals surface area contributed by atoms with Crippen LogP contribution in [0.2, 0.25) is 0 Å². The molecular formula is C53H34N2. The van der Waals surface area contributed by atoms with Gasteiger partial charge in [-0.05, 0) is 102 Å². The molecule has 0 N–H and O–H groups in total. The van der Waals surface area contributed by atoms with Crippen LogP contribution in [-0.2, 0) is 0 Å². The minimum absolute atomic E-state index is 1.14. The van der Waals surface area contributed by atoms with Crippen molar-refractivity contribution < 1.29 is 0 Å². The predicted molar refractivity (Wildman–Crippen MR) is 233 cm³/mol. The lowest BCUT2D eigenvalue weighted by molar-refractivity contribution is 1.18. The van der Waals surface area contributed by atoms with Crippen LogP contribution in [0.1, 0.15) is 0 Å². The summed E-state index contributed by atoms with van der Waals surface area (Å²) in [7, 11) is 0. The van der Waals surface area contributed by atoms with Crippen molar-refractivity contribution in [2.24, 2.45) is 0 Å². The largest absolute Gasteiger partial charge is 0.309 e. The molecule has 2 heterocycles. The predicted octanol–water partition coefficient (Wildman–Crippen LogP) is 14.3. The van der Waals surface area contributed by atoms with Crippen molar-refractivity contribution in [1.29, 1.82) is 0 Å². The number of fused-ring (bicyclic) bond motifs is 7. The number of nitrogens with zero attached hydrogens (tertiary/aromatic N) is 2. The fourth-order valence-electron chi connectivity index (χ4n) is 8.83. The molecule has 0 saturated carbocycles. The normalized spacial score (nSPS) is 11.6. The van der Waals surface area contributed by atoms with Gasteiger partial charge in [-0.3, -0.25) is 4.98 Å². The molecule has 9 aromatic carbocycles. The summed E-state index contributed by atoms with van der Waals surface area (Å²) in [4.78, 5) is 4.57.